The van der Waals surface area contributed by atoms with E-state index in [0.717, 1.165) is 32.5 Å². The molecule has 0 aliphatic carbocycles. The number of aliphatic hydroxyl groups is 1. The van der Waals surface area contributed by atoms with Gasteiger partial charge >= 0.3 is 0 Å². The highest BCUT2D eigenvalue weighted by atomic mass is 16.3. The molecule has 2 amide bonds. The number of likely N-dealkylation sites (tertiary alicyclic amines) is 1. The van der Waals surface area contributed by atoms with E-state index in [0.29, 0.717) is 25.2 Å². The zero-order valence-corrected chi connectivity index (χ0v) is 20.1. The van der Waals surface area contributed by atoms with Gasteiger partial charge in [0.2, 0.25) is 11.8 Å². The summed E-state index contributed by atoms with van der Waals surface area (Å²) in [7, 11) is 0. The van der Waals surface area contributed by atoms with Gasteiger partial charge in [0.1, 0.15) is 11.6 Å². The number of aliphatic hydroxyl groups excluding tert-OH is 1. The van der Waals surface area contributed by atoms with Crippen LogP contribution in [0, 0.1) is 5.92 Å². The normalized spacial score (nSPS) is 22.4. The van der Waals surface area contributed by atoms with Gasteiger partial charge in [-0.3, -0.25) is 9.59 Å². The predicted octanol–water partition coefficient (Wildman–Crippen LogP) is 2.99. The minimum absolute atomic E-state index is 0.0337. The molecular formula is C26H41N3O3. The van der Waals surface area contributed by atoms with Gasteiger partial charge in [-0.15, -0.1) is 0 Å². The molecule has 0 bridgehead atoms. The van der Waals surface area contributed by atoms with Crippen molar-refractivity contribution in [2.24, 2.45) is 5.92 Å². The highest BCUT2D eigenvalue weighted by Gasteiger charge is 2.53. The van der Waals surface area contributed by atoms with E-state index < -0.39 is 17.7 Å². The van der Waals surface area contributed by atoms with Crippen molar-refractivity contribution in [3.05, 3.63) is 35.9 Å². The molecule has 0 unspecified atom stereocenters. The first-order valence-electron chi connectivity index (χ1n) is 12.4. The number of unbranched alkanes of at least 4 members (excludes halogenated alkanes) is 2. The van der Waals surface area contributed by atoms with Crippen molar-refractivity contribution in [1.82, 2.24) is 15.1 Å². The SMILES string of the molecule is CC(C)C[C@@H]1NC(=O)C2(CCN(CCCCCc3ccccc3)CC2)N(C[C@@H](C)O)C1=O. The summed E-state index contributed by atoms with van der Waals surface area (Å²) in [5.41, 5.74) is 0.583. The summed E-state index contributed by atoms with van der Waals surface area (Å²) in [6.45, 7) is 8.68. The number of amides is 2. The summed E-state index contributed by atoms with van der Waals surface area (Å²) in [5, 5.41) is 13.1. The average Bonchev–Trinajstić information content (AvgIpc) is 2.76. The highest BCUT2D eigenvalue weighted by molar-refractivity contribution is 6.00. The molecule has 2 aliphatic rings. The Bertz CT molecular complexity index is 742. The second-order valence-corrected chi connectivity index (χ2v) is 10.1. The van der Waals surface area contributed by atoms with Crippen molar-refractivity contribution in [2.45, 2.75) is 83.4 Å². The number of β-amino-alcohol motifs (C(OH)–C–C–N with tert-alkyl or cyclic N) is 1. The second kappa shape index (κ2) is 11.3. The quantitative estimate of drug-likeness (QED) is 0.546. The Kier molecular flexibility index (Phi) is 8.72. The van der Waals surface area contributed by atoms with Gasteiger partial charge < -0.3 is 20.2 Å². The lowest BCUT2D eigenvalue weighted by Crippen LogP contribution is -2.73. The van der Waals surface area contributed by atoms with Gasteiger partial charge in [-0.05, 0) is 63.5 Å². The van der Waals surface area contributed by atoms with Crippen molar-refractivity contribution in [3.8, 4) is 0 Å². The maximum absolute atomic E-state index is 13.2. The lowest BCUT2D eigenvalue weighted by molar-refractivity contribution is -0.163. The van der Waals surface area contributed by atoms with Crippen molar-refractivity contribution in [2.75, 3.05) is 26.2 Å². The van der Waals surface area contributed by atoms with Crippen molar-refractivity contribution < 1.29 is 14.7 Å². The van der Waals surface area contributed by atoms with Crippen molar-refractivity contribution in [3.63, 3.8) is 0 Å². The Balaban J connectivity index is 1.52. The number of carbonyl (C=O) groups excluding carboxylic acids is 2. The molecule has 6 heteroatoms. The summed E-state index contributed by atoms with van der Waals surface area (Å²) >= 11 is 0. The third-order valence-corrected chi connectivity index (χ3v) is 6.93. The van der Waals surface area contributed by atoms with E-state index in [9.17, 15) is 14.7 Å². The molecule has 2 aliphatic heterocycles. The third-order valence-electron chi connectivity index (χ3n) is 6.93. The Morgan fingerprint density at radius 2 is 1.75 bits per heavy atom. The van der Waals surface area contributed by atoms with Crippen molar-refractivity contribution in [1.29, 1.82) is 0 Å². The zero-order chi connectivity index (χ0) is 23.1. The lowest BCUT2D eigenvalue weighted by Gasteiger charge is -2.52. The summed E-state index contributed by atoms with van der Waals surface area (Å²) in [6, 6.07) is 10.1. The van der Waals surface area contributed by atoms with Gasteiger partial charge in [-0.25, -0.2) is 0 Å². The van der Waals surface area contributed by atoms with E-state index in [1.807, 2.05) is 0 Å². The van der Waals surface area contributed by atoms with Crippen LogP contribution >= 0.6 is 0 Å². The standard InChI is InChI=1S/C26H41N3O3/c1-20(2)18-23-24(31)29(19-21(3)30)26(25(32)27-23)13-16-28(17-14-26)15-9-5-8-12-22-10-6-4-7-11-22/h4,6-7,10-11,20-21,23,30H,5,8-9,12-19H2,1-3H3,(H,27,32)/t21-,23+/m1/s1. The van der Waals surface area contributed by atoms with E-state index in [1.54, 1.807) is 11.8 Å². The molecule has 178 valence electrons. The first-order chi connectivity index (χ1) is 15.3. The van der Waals surface area contributed by atoms with Gasteiger partial charge in [0, 0.05) is 19.6 Å². The molecule has 2 saturated heterocycles. The fourth-order valence-electron chi connectivity index (χ4n) is 5.17. The van der Waals surface area contributed by atoms with Crippen LogP contribution in [-0.4, -0.2) is 70.6 Å². The molecule has 32 heavy (non-hydrogen) atoms. The lowest BCUT2D eigenvalue weighted by atomic mass is 9.80. The zero-order valence-electron chi connectivity index (χ0n) is 20.1. The molecule has 2 atom stereocenters. The maximum Gasteiger partial charge on any atom is 0.246 e. The first-order valence-corrected chi connectivity index (χ1v) is 12.4. The number of hydrogen-bond donors (Lipinski definition) is 2. The Morgan fingerprint density at radius 3 is 2.38 bits per heavy atom. The van der Waals surface area contributed by atoms with Gasteiger partial charge in [0.05, 0.1) is 6.10 Å². The number of nitrogens with one attached hydrogen (secondary N) is 1. The van der Waals surface area contributed by atoms with Crippen LogP contribution in [0.1, 0.15) is 64.9 Å². The minimum atomic E-state index is -0.814. The molecular weight excluding hydrogens is 402 g/mol. The number of rotatable bonds is 10. The number of aryl methyl sites for hydroxylation is 1. The number of carbonyl (C=O) groups is 2. The van der Waals surface area contributed by atoms with E-state index in [1.165, 1.54) is 18.4 Å². The highest BCUT2D eigenvalue weighted by Crippen LogP contribution is 2.34. The van der Waals surface area contributed by atoms with Gasteiger partial charge in [-0.2, -0.15) is 0 Å². The van der Waals surface area contributed by atoms with E-state index >= 15 is 0 Å². The molecule has 1 aromatic carbocycles. The molecule has 0 saturated carbocycles. The summed E-state index contributed by atoms with van der Waals surface area (Å²) < 4.78 is 0. The second-order valence-electron chi connectivity index (χ2n) is 10.1. The minimum Gasteiger partial charge on any atom is -0.392 e. The van der Waals surface area contributed by atoms with Crippen LogP contribution in [0.3, 0.4) is 0 Å². The largest absolute Gasteiger partial charge is 0.392 e. The van der Waals surface area contributed by atoms with E-state index in [-0.39, 0.29) is 18.4 Å². The van der Waals surface area contributed by atoms with Crippen LogP contribution in [0.4, 0.5) is 0 Å². The monoisotopic (exact) mass is 443 g/mol. The fraction of sp³-hybridized carbons (Fsp3) is 0.692. The van der Waals surface area contributed by atoms with Gasteiger partial charge in [-0.1, -0.05) is 50.6 Å². The fourth-order valence-corrected chi connectivity index (χ4v) is 5.17. The summed E-state index contributed by atoms with van der Waals surface area (Å²) in [6.07, 6.45) is 5.91. The summed E-state index contributed by atoms with van der Waals surface area (Å²) in [5.74, 6) is 0.245. The van der Waals surface area contributed by atoms with Crippen molar-refractivity contribution >= 4 is 11.8 Å². The number of nitrogens with zero attached hydrogens (tertiary/aromatic N) is 2. The molecule has 0 radical (unpaired) electrons. The van der Waals surface area contributed by atoms with Crippen LogP contribution in [-0.2, 0) is 16.0 Å². The predicted molar refractivity (Wildman–Crippen MR) is 127 cm³/mol. The Labute approximate surface area is 193 Å². The summed E-state index contributed by atoms with van der Waals surface area (Å²) in [4.78, 5) is 30.6. The van der Waals surface area contributed by atoms with Crippen LogP contribution in [0.5, 0.6) is 0 Å². The maximum atomic E-state index is 13.2. The number of piperidine rings is 1. The molecule has 0 aromatic heterocycles. The number of benzene rings is 1. The molecule has 1 spiro atoms. The van der Waals surface area contributed by atoms with Crippen LogP contribution in [0.2, 0.25) is 0 Å². The van der Waals surface area contributed by atoms with Crippen LogP contribution in [0.15, 0.2) is 30.3 Å². The molecule has 2 heterocycles. The number of piperazine rings is 1. The van der Waals surface area contributed by atoms with Crippen LogP contribution in [0.25, 0.3) is 0 Å². The molecule has 1 aromatic rings. The molecule has 2 fully saturated rings. The Hall–Kier alpha value is -1.92. The Morgan fingerprint density at radius 1 is 1.06 bits per heavy atom. The van der Waals surface area contributed by atoms with Gasteiger partial charge in [0.25, 0.3) is 0 Å². The van der Waals surface area contributed by atoms with E-state index in [2.05, 4.69) is 54.4 Å². The molecule has 3 rings (SSSR count). The number of hydrogen-bond acceptors (Lipinski definition) is 4. The molecule has 6 nitrogen and oxygen atoms in total. The van der Waals surface area contributed by atoms with E-state index in [4.69, 9.17) is 0 Å². The van der Waals surface area contributed by atoms with Gasteiger partial charge in [0.15, 0.2) is 0 Å². The third kappa shape index (κ3) is 6.10. The topological polar surface area (TPSA) is 72.9 Å². The smallest absolute Gasteiger partial charge is 0.246 e. The first kappa shape index (κ1) is 24.7. The van der Waals surface area contributed by atoms with Crippen LogP contribution < -0.4 is 5.32 Å². The molecule has 2 N–H and O–H groups in total. The average molecular weight is 444 g/mol.